The molecular formula is C20H25N5O3. The largest absolute Gasteiger partial charge is 0.478 e. The first kappa shape index (κ1) is 19.6. The molecule has 3 rings (SSSR count). The van der Waals surface area contributed by atoms with Crippen LogP contribution in [0, 0.1) is 0 Å². The van der Waals surface area contributed by atoms with Gasteiger partial charge < -0.3 is 20.2 Å². The fourth-order valence-corrected chi connectivity index (χ4v) is 3.20. The summed E-state index contributed by atoms with van der Waals surface area (Å²) in [6.45, 7) is 4.96. The lowest BCUT2D eigenvalue weighted by molar-refractivity contribution is -0.116. The van der Waals surface area contributed by atoms with Gasteiger partial charge in [0, 0.05) is 45.0 Å². The van der Waals surface area contributed by atoms with Crippen LogP contribution < -0.4 is 15.1 Å². The van der Waals surface area contributed by atoms with Crippen LogP contribution in [-0.2, 0) is 4.79 Å². The fraction of sp³-hybridized carbons (Fsp3) is 0.400. The van der Waals surface area contributed by atoms with Crippen molar-refractivity contribution in [3.63, 3.8) is 0 Å². The molecule has 0 aliphatic carbocycles. The molecule has 1 amide bonds. The Kier molecular flexibility index (Phi) is 6.41. The van der Waals surface area contributed by atoms with Gasteiger partial charge in [-0.05, 0) is 30.7 Å². The summed E-state index contributed by atoms with van der Waals surface area (Å²) in [7, 11) is 0. The predicted octanol–water partition coefficient (Wildman–Crippen LogP) is 2.63. The van der Waals surface area contributed by atoms with E-state index in [1.54, 1.807) is 30.6 Å². The highest BCUT2D eigenvalue weighted by Crippen LogP contribution is 2.29. The van der Waals surface area contributed by atoms with Crippen LogP contribution in [0.4, 0.5) is 17.3 Å². The number of nitrogens with one attached hydrogen (secondary N) is 1. The summed E-state index contributed by atoms with van der Waals surface area (Å²) in [4.78, 5) is 36.4. The van der Waals surface area contributed by atoms with Gasteiger partial charge in [0.1, 0.15) is 0 Å². The Morgan fingerprint density at radius 3 is 2.43 bits per heavy atom. The minimum absolute atomic E-state index is 0.0954. The van der Waals surface area contributed by atoms with Crippen molar-refractivity contribution in [1.82, 2.24) is 9.97 Å². The van der Waals surface area contributed by atoms with E-state index in [2.05, 4.69) is 25.1 Å². The van der Waals surface area contributed by atoms with E-state index in [0.29, 0.717) is 18.1 Å². The molecule has 2 N–H and O–H groups in total. The number of unbranched alkanes of at least 4 members (excludes halogenated alkanes) is 1. The minimum atomic E-state index is -1.01. The molecule has 1 aromatic heterocycles. The Balaban J connectivity index is 1.75. The number of piperazine rings is 1. The maximum atomic E-state index is 12.2. The number of rotatable bonds is 7. The van der Waals surface area contributed by atoms with E-state index >= 15 is 0 Å². The molecule has 0 radical (unpaired) electrons. The molecule has 1 saturated heterocycles. The molecule has 0 spiro atoms. The number of hydrogen-bond acceptors (Lipinski definition) is 6. The standard InChI is InChI=1S/C20H25N5O3/c1-2-3-5-18(26)23-16-14-15(19(27)28)6-7-17(16)24-10-12-25(13-11-24)20-21-8-4-9-22-20/h4,6-9,14H,2-3,5,10-13H2,1H3,(H,23,26)(H,27,28). The molecule has 0 unspecified atom stereocenters. The Hall–Kier alpha value is -3.16. The highest BCUT2D eigenvalue weighted by Gasteiger charge is 2.22. The molecule has 0 saturated carbocycles. The average Bonchev–Trinajstić information content (AvgIpc) is 2.73. The van der Waals surface area contributed by atoms with Gasteiger partial charge in [0.2, 0.25) is 11.9 Å². The molecule has 28 heavy (non-hydrogen) atoms. The number of aromatic carboxylic acids is 1. The third-order valence-electron chi connectivity index (χ3n) is 4.73. The van der Waals surface area contributed by atoms with Crippen molar-refractivity contribution in [1.29, 1.82) is 0 Å². The van der Waals surface area contributed by atoms with Crippen molar-refractivity contribution < 1.29 is 14.7 Å². The second kappa shape index (κ2) is 9.16. The van der Waals surface area contributed by atoms with Gasteiger partial charge >= 0.3 is 5.97 Å². The van der Waals surface area contributed by atoms with Gasteiger partial charge in [-0.2, -0.15) is 0 Å². The number of carboxylic acid groups (broad SMARTS) is 1. The maximum Gasteiger partial charge on any atom is 0.335 e. The smallest absolute Gasteiger partial charge is 0.335 e. The van der Waals surface area contributed by atoms with E-state index in [0.717, 1.165) is 44.7 Å². The topological polar surface area (TPSA) is 98.7 Å². The van der Waals surface area contributed by atoms with Gasteiger partial charge in [-0.25, -0.2) is 14.8 Å². The van der Waals surface area contributed by atoms with Crippen LogP contribution in [-0.4, -0.2) is 53.1 Å². The summed E-state index contributed by atoms with van der Waals surface area (Å²) in [5.41, 5.74) is 1.54. The number of amides is 1. The number of carbonyl (C=O) groups excluding carboxylic acids is 1. The molecular weight excluding hydrogens is 358 g/mol. The van der Waals surface area contributed by atoms with Crippen LogP contribution in [0.15, 0.2) is 36.7 Å². The van der Waals surface area contributed by atoms with E-state index in [4.69, 9.17) is 0 Å². The van der Waals surface area contributed by atoms with Crippen LogP contribution in [0.2, 0.25) is 0 Å². The second-order valence-corrected chi connectivity index (χ2v) is 6.71. The maximum absolute atomic E-state index is 12.2. The zero-order chi connectivity index (χ0) is 19.9. The van der Waals surface area contributed by atoms with Crippen LogP contribution in [0.1, 0.15) is 36.5 Å². The Bertz CT molecular complexity index is 820. The molecule has 1 aliphatic rings. The summed E-state index contributed by atoms with van der Waals surface area (Å²) < 4.78 is 0. The van der Waals surface area contributed by atoms with Crippen molar-refractivity contribution in [3.8, 4) is 0 Å². The zero-order valence-electron chi connectivity index (χ0n) is 16.0. The average molecular weight is 383 g/mol. The summed E-state index contributed by atoms with van der Waals surface area (Å²) in [6, 6.07) is 6.67. The molecule has 1 aliphatic heterocycles. The third-order valence-corrected chi connectivity index (χ3v) is 4.73. The lowest BCUT2D eigenvalue weighted by Crippen LogP contribution is -2.47. The first-order valence-electron chi connectivity index (χ1n) is 9.52. The molecule has 1 fully saturated rings. The number of hydrogen-bond donors (Lipinski definition) is 2. The van der Waals surface area contributed by atoms with Crippen LogP contribution in [0.25, 0.3) is 0 Å². The molecule has 148 valence electrons. The molecule has 1 aromatic carbocycles. The minimum Gasteiger partial charge on any atom is -0.478 e. The Morgan fingerprint density at radius 1 is 1.11 bits per heavy atom. The molecule has 0 atom stereocenters. The lowest BCUT2D eigenvalue weighted by Gasteiger charge is -2.37. The van der Waals surface area contributed by atoms with E-state index in [-0.39, 0.29) is 11.5 Å². The summed E-state index contributed by atoms with van der Waals surface area (Å²) in [5, 5.41) is 12.2. The van der Waals surface area contributed by atoms with Crippen molar-refractivity contribution >= 4 is 29.2 Å². The van der Waals surface area contributed by atoms with Crippen LogP contribution in [0.5, 0.6) is 0 Å². The van der Waals surface area contributed by atoms with Gasteiger partial charge in [-0.15, -0.1) is 0 Å². The molecule has 8 nitrogen and oxygen atoms in total. The van der Waals surface area contributed by atoms with Crippen molar-refractivity contribution in [3.05, 3.63) is 42.2 Å². The number of anilines is 3. The van der Waals surface area contributed by atoms with Gasteiger partial charge in [-0.1, -0.05) is 13.3 Å². The van der Waals surface area contributed by atoms with Crippen molar-refractivity contribution in [2.45, 2.75) is 26.2 Å². The van der Waals surface area contributed by atoms with E-state index in [1.807, 2.05) is 6.92 Å². The van der Waals surface area contributed by atoms with Gasteiger partial charge in [0.15, 0.2) is 0 Å². The van der Waals surface area contributed by atoms with Gasteiger partial charge in [0.05, 0.1) is 16.9 Å². The quantitative estimate of drug-likeness (QED) is 0.758. The number of carboxylic acids is 1. The van der Waals surface area contributed by atoms with Crippen molar-refractivity contribution in [2.24, 2.45) is 0 Å². The second-order valence-electron chi connectivity index (χ2n) is 6.71. The summed E-state index contributed by atoms with van der Waals surface area (Å²) in [5.74, 6) is -0.403. The molecule has 2 aromatic rings. The normalized spacial score (nSPS) is 14.0. The van der Waals surface area contributed by atoms with Crippen LogP contribution in [0.3, 0.4) is 0 Å². The highest BCUT2D eigenvalue weighted by atomic mass is 16.4. The summed E-state index contributed by atoms with van der Waals surface area (Å²) in [6.07, 6.45) is 5.60. The lowest BCUT2D eigenvalue weighted by atomic mass is 10.1. The van der Waals surface area contributed by atoms with Gasteiger partial charge in [-0.3, -0.25) is 4.79 Å². The van der Waals surface area contributed by atoms with E-state index < -0.39 is 5.97 Å². The van der Waals surface area contributed by atoms with E-state index in [9.17, 15) is 14.7 Å². The number of nitrogens with zero attached hydrogens (tertiary/aromatic N) is 4. The molecule has 2 heterocycles. The Morgan fingerprint density at radius 2 is 1.79 bits per heavy atom. The number of carbonyl (C=O) groups is 2. The highest BCUT2D eigenvalue weighted by molar-refractivity contribution is 5.97. The molecule has 0 bridgehead atoms. The third kappa shape index (κ3) is 4.76. The molecule has 8 heteroatoms. The first-order valence-corrected chi connectivity index (χ1v) is 9.52. The van der Waals surface area contributed by atoms with Crippen molar-refractivity contribution in [2.75, 3.05) is 41.3 Å². The van der Waals surface area contributed by atoms with E-state index in [1.165, 1.54) is 6.07 Å². The zero-order valence-corrected chi connectivity index (χ0v) is 16.0. The first-order chi connectivity index (χ1) is 13.6. The predicted molar refractivity (Wildman–Crippen MR) is 108 cm³/mol. The number of benzene rings is 1. The SMILES string of the molecule is CCCCC(=O)Nc1cc(C(=O)O)ccc1N1CCN(c2ncccn2)CC1. The fourth-order valence-electron chi connectivity index (χ4n) is 3.20. The Labute approximate surface area is 164 Å². The van der Waals surface area contributed by atoms with Gasteiger partial charge in [0.25, 0.3) is 0 Å². The summed E-state index contributed by atoms with van der Waals surface area (Å²) >= 11 is 0. The number of aromatic nitrogens is 2. The monoisotopic (exact) mass is 383 g/mol. The van der Waals surface area contributed by atoms with Crippen LogP contribution >= 0.6 is 0 Å².